The third-order valence-corrected chi connectivity index (χ3v) is 4.41. The Morgan fingerprint density at radius 2 is 2.04 bits per heavy atom. The monoisotopic (exact) mass is 387 g/mol. The minimum Gasteiger partial charge on any atom is -0.481 e. The first kappa shape index (κ1) is 17.7. The van der Waals surface area contributed by atoms with Gasteiger partial charge in [-0.15, -0.1) is 0 Å². The molecule has 0 radical (unpaired) electrons. The van der Waals surface area contributed by atoms with Crippen molar-refractivity contribution in [1.29, 1.82) is 0 Å². The van der Waals surface area contributed by atoms with Crippen LogP contribution in [0.3, 0.4) is 0 Å². The maximum absolute atomic E-state index is 13.4. The molecule has 5 nitrogen and oxygen atoms in total. The minimum absolute atomic E-state index is 0.00464. The Labute approximate surface area is 142 Å². The van der Waals surface area contributed by atoms with Crippen LogP contribution < -0.4 is 0 Å². The van der Waals surface area contributed by atoms with E-state index in [1.54, 1.807) is 20.8 Å². The summed E-state index contributed by atoms with van der Waals surface area (Å²) in [6, 6.07) is 4.13. The van der Waals surface area contributed by atoms with E-state index < -0.39 is 28.9 Å². The highest BCUT2D eigenvalue weighted by Crippen LogP contribution is 2.37. The van der Waals surface area contributed by atoms with Crippen molar-refractivity contribution in [1.82, 2.24) is 4.90 Å². The van der Waals surface area contributed by atoms with Crippen LogP contribution in [0.15, 0.2) is 22.7 Å². The molecule has 1 aliphatic rings. The Hall–Kier alpha value is -1.63. The molecule has 1 aromatic carbocycles. The van der Waals surface area contributed by atoms with Gasteiger partial charge in [0.15, 0.2) is 0 Å². The summed E-state index contributed by atoms with van der Waals surface area (Å²) in [5, 5.41) is 9.72. The van der Waals surface area contributed by atoms with Gasteiger partial charge in [-0.2, -0.15) is 0 Å². The van der Waals surface area contributed by atoms with E-state index in [9.17, 15) is 19.1 Å². The van der Waals surface area contributed by atoms with Crippen LogP contribution in [0, 0.1) is 5.82 Å². The molecule has 0 spiro atoms. The molecule has 1 aromatic rings. The van der Waals surface area contributed by atoms with E-state index in [1.165, 1.54) is 23.1 Å². The zero-order valence-corrected chi connectivity index (χ0v) is 14.8. The maximum atomic E-state index is 13.4. The lowest BCUT2D eigenvalue weighted by molar-refractivity contribution is -0.143. The molecule has 1 saturated heterocycles. The molecule has 1 heterocycles. The highest BCUT2D eigenvalue weighted by molar-refractivity contribution is 9.10. The summed E-state index contributed by atoms with van der Waals surface area (Å²) in [6.45, 7) is 5.53. The number of hydrogen-bond donors (Lipinski definition) is 1. The normalized spacial score (nSPS) is 21.3. The topological polar surface area (TPSA) is 66.8 Å². The van der Waals surface area contributed by atoms with Crippen LogP contribution in [0.4, 0.5) is 9.18 Å². The Kier molecular flexibility index (Phi) is 4.71. The molecule has 7 heteroatoms. The van der Waals surface area contributed by atoms with Crippen molar-refractivity contribution in [2.45, 2.75) is 38.2 Å². The Morgan fingerprint density at radius 1 is 1.39 bits per heavy atom. The van der Waals surface area contributed by atoms with Crippen molar-refractivity contribution in [3.05, 3.63) is 34.1 Å². The van der Waals surface area contributed by atoms with Crippen LogP contribution in [0.2, 0.25) is 0 Å². The third kappa shape index (κ3) is 3.65. The largest absolute Gasteiger partial charge is 0.481 e. The molecule has 1 aliphatic heterocycles. The average molecular weight is 388 g/mol. The molecule has 0 aromatic heterocycles. The number of carbonyl (C=O) groups is 2. The molecule has 1 amide bonds. The second-order valence-corrected chi connectivity index (χ2v) is 7.52. The summed E-state index contributed by atoms with van der Waals surface area (Å²) in [6.07, 6.45) is -0.290. The first-order valence-electron chi connectivity index (χ1n) is 7.22. The number of carbonyl (C=O) groups excluding carboxylic acids is 1. The van der Waals surface area contributed by atoms with Gasteiger partial charge in [-0.25, -0.2) is 9.18 Å². The first-order valence-corrected chi connectivity index (χ1v) is 8.01. The Bertz CT molecular complexity index is 643. The predicted octanol–water partition coefficient (Wildman–Crippen LogP) is 3.55. The van der Waals surface area contributed by atoms with Crippen LogP contribution >= 0.6 is 15.9 Å². The summed E-state index contributed by atoms with van der Waals surface area (Å²) in [5.74, 6) is -1.50. The number of benzene rings is 1. The van der Waals surface area contributed by atoms with Crippen LogP contribution in [-0.4, -0.2) is 40.8 Å². The zero-order chi connectivity index (χ0) is 17.4. The number of halogens is 2. The molecule has 126 valence electrons. The minimum atomic E-state index is -1.26. The molecule has 1 unspecified atom stereocenters. The van der Waals surface area contributed by atoms with Gasteiger partial charge in [0.05, 0.1) is 4.47 Å². The van der Waals surface area contributed by atoms with Gasteiger partial charge in [-0.3, -0.25) is 4.79 Å². The maximum Gasteiger partial charge on any atom is 0.410 e. The fourth-order valence-electron chi connectivity index (χ4n) is 2.62. The number of nitrogens with zero attached hydrogens (tertiary/aromatic N) is 1. The van der Waals surface area contributed by atoms with Crippen LogP contribution in [0.1, 0.15) is 32.8 Å². The van der Waals surface area contributed by atoms with Gasteiger partial charge in [0.1, 0.15) is 16.8 Å². The molecular weight excluding hydrogens is 369 g/mol. The van der Waals surface area contributed by atoms with E-state index in [-0.39, 0.29) is 24.0 Å². The van der Waals surface area contributed by atoms with Crippen molar-refractivity contribution in [2.24, 2.45) is 0 Å². The van der Waals surface area contributed by atoms with Crippen LogP contribution in [-0.2, 0) is 14.9 Å². The van der Waals surface area contributed by atoms with Gasteiger partial charge in [-0.05, 0) is 60.8 Å². The number of hydrogen-bond acceptors (Lipinski definition) is 3. The lowest BCUT2D eigenvalue weighted by Crippen LogP contribution is -2.42. The van der Waals surface area contributed by atoms with Crippen molar-refractivity contribution in [3.8, 4) is 0 Å². The van der Waals surface area contributed by atoms with Crippen LogP contribution in [0.25, 0.3) is 0 Å². The zero-order valence-electron chi connectivity index (χ0n) is 13.2. The van der Waals surface area contributed by atoms with Gasteiger partial charge in [0, 0.05) is 13.1 Å². The summed E-state index contributed by atoms with van der Waals surface area (Å²) in [4.78, 5) is 25.4. The summed E-state index contributed by atoms with van der Waals surface area (Å²) >= 11 is 3.08. The molecule has 23 heavy (non-hydrogen) atoms. The third-order valence-electron chi connectivity index (χ3n) is 3.80. The number of aliphatic carboxylic acids is 1. The van der Waals surface area contributed by atoms with E-state index in [1.807, 2.05) is 0 Å². The summed E-state index contributed by atoms with van der Waals surface area (Å²) in [7, 11) is 0. The Balaban J connectivity index is 2.29. The second kappa shape index (κ2) is 6.11. The van der Waals surface area contributed by atoms with E-state index in [0.29, 0.717) is 5.56 Å². The van der Waals surface area contributed by atoms with Crippen molar-refractivity contribution in [3.63, 3.8) is 0 Å². The lowest BCUT2D eigenvalue weighted by Gasteiger charge is -2.27. The highest BCUT2D eigenvalue weighted by Gasteiger charge is 2.48. The highest BCUT2D eigenvalue weighted by atomic mass is 79.9. The second-order valence-electron chi connectivity index (χ2n) is 6.67. The molecule has 1 N–H and O–H groups in total. The summed E-state index contributed by atoms with van der Waals surface area (Å²) in [5.41, 5.74) is -1.44. The fourth-order valence-corrected chi connectivity index (χ4v) is 3.00. The number of amides is 1. The number of rotatable bonds is 2. The number of ether oxygens (including phenoxy) is 1. The molecule has 0 bridgehead atoms. The van der Waals surface area contributed by atoms with Gasteiger partial charge >= 0.3 is 12.1 Å². The molecule has 0 aliphatic carbocycles. The standard InChI is InChI=1S/C16H19BrFNO4/c1-15(2,3)23-14(22)19-7-6-16(9-19,13(20)21)10-4-5-12(18)11(17)8-10/h4-5,8H,6-7,9H2,1-3H3,(H,20,21). The average Bonchev–Trinajstić information content (AvgIpc) is 2.86. The number of carboxylic acids is 1. The number of likely N-dealkylation sites (tertiary alicyclic amines) is 1. The van der Waals surface area contributed by atoms with E-state index in [4.69, 9.17) is 4.74 Å². The van der Waals surface area contributed by atoms with Gasteiger partial charge < -0.3 is 14.7 Å². The molecule has 0 saturated carbocycles. The SMILES string of the molecule is CC(C)(C)OC(=O)N1CCC(C(=O)O)(c2ccc(F)c(Br)c2)C1. The number of carboxylic acid groups (broad SMARTS) is 1. The van der Waals surface area contributed by atoms with Gasteiger partial charge in [0.25, 0.3) is 0 Å². The van der Waals surface area contributed by atoms with Crippen molar-refractivity contribution in [2.75, 3.05) is 13.1 Å². The summed E-state index contributed by atoms with van der Waals surface area (Å²) < 4.78 is 18.9. The van der Waals surface area contributed by atoms with E-state index >= 15 is 0 Å². The van der Waals surface area contributed by atoms with Gasteiger partial charge in [-0.1, -0.05) is 6.07 Å². The first-order chi connectivity index (χ1) is 10.5. The van der Waals surface area contributed by atoms with Crippen molar-refractivity contribution >= 4 is 28.0 Å². The molecular formula is C16H19BrFNO4. The molecule has 1 atom stereocenters. The van der Waals surface area contributed by atoms with Gasteiger partial charge in [0.2, 0.25) is 0 Å². The van der Waals surface area contributed by atoms with Crippen LogP contribution in [0.5, 0.6) is 0 Å². The van der Waals surface area contributed by atoms with E-state index in [0.717, 1.165) is 0 Å². The van der Waals surface area contributed by atoms with E-state index in [2.05, 4.69) is 15.9 Å². The smallest absolute Gasteiger partial charge is 0.410 e. The van der Waals surface area contributed by atoms with Crippen molar-refractivity contribution < 1.29 is 23.8 Å². The quantitative estimate of drug-likeness (QED) is 0.842. The fraction of sp³-hybridized carbons (Fsp3) is 0.500. The Morgan fingerprint density at radius 3 is 2.57 bits per heavy atom. The lowest BCUT2D eigenvalue weighted by atomic mass is 9.80. The predicted molar refractivity (Wildman–Crippen MR) is 85.8 cm³/mol. The molecule has 2 rings (SSSR count). The molecule has 1 fully saturated rings.